The number of nitrogens with one attached hydrogen (secondary N) is 2. The van der Waals surface area contributed by atoms with E-state index in [1.807, 2.05) is 48.9 Å². The second kappa shape index (κ2) is 10.0. The maximum atomic E-state index is 13.3. The number of rotatable bonds is 6. The minimum Gasteiger partial charge on any atom is -0.382 e. The fourth-order valence-corrected chi connectivity index (χ4v) is 4.51. The Balaban J connectivity index is 1.37. The zero-order chi connectivity index (χ0) is 25.1. The summed E-state index contributed by atoms with van der Waals surface area (Å²) in [5, 5.41) is 16.6. The van der Waals surface area contributed by atoms with Crippen LogP contribution < -0.4 is 10.6 Å². The average molecular weight is 478 g/mol. The Morgan fingerprint density at radius 3 is 2.72 bits per heavy atom. The summed E-state index contributed by atoms with van der Waals surface area (Å²) in [4.78, 5) is 26.4. The van der Waals surface area contributed by atoms with E-state index < -0.39 is 0 Å². The van der Waals surface area contributed by atoms with Gasteiger partial charge in [0.15, 0.2) is 0 Å². The van der Waals surface area contributed by atoms with Crippen molar-refractivity contribution in [1.29, 1.82) is 5.26 Å². The Hall–Kier alpha value is -4.51. The van der Waals surface area contributed by atoms with Gasteiger partial charge in [-0.2, -0.15) is 5.26 Å². The molecule has 0 radical (unpaired) electrons. The van der Waals surface area contributed by atoms with Gasteiger partial charge in [-0.05, 0) is 68.5 Å². The van der Waals surface area contributed by atoms with Crippen molar-refractivity contribution in [3.8, 4) is 11.9 Å². The highest BCUT2D eigenvalue weighted by Gasteiger charge is 2.21. The zero-order valence-electron chi connectivity index (χ0n) is 20.3. The first-order valence-electron chi connectivity index (χ1n) is 12.1. The third-order valence-electron chi connectivity index (χ3n) is 6.28. The molecule has 180 valence electrons. The number of carbonyl (C=O) groups excluding carboxylic acids is 1. The number of nitriles is 1. The van der Waals surface area contributed by atoms with Crippen molar-refractivity contribution in [1.82, 2.24) is 24.8 Å². The average Bonchev–Trinajstić information content (AvgIpc) is 3.32. The minimum atomic E-state index is -0.142. The van der Waals surface area contributed by atoms with E-state index in [9.17, 15) is 4.79 Å². The summed E-state index contributed by atoms with van der Waals surface area (Å²) in [6.07, 6.45) is 13.4. The summed E-state index contributed by atoms with van der Waals surface area (Å²) in [5.41, 5.74) is 4.92. The van der Waals surface area contributed by atoms with E-state index in [-0.39, 0.29) is 18.0 Å². The van der Waals surface area contributed by atoms with Gasteiger partial charge in [0.1, 0.15) is 17.5 Å². The fraction of sp³-hybridized carbons (Fsp3) is 0.250. The molecule has 4 aromatic rings. The summed E-state index contributed by atoms with van der Waals surface area (Å²) >= 11 is 0. The van der Waals surface area contributed by atoms with Gasteiger partial charge in [0.2, 0.25) is 0 Å². The Labute approximate surface area is 209 Å². The molecule has 0 bridgehead atoms. The quantitative estimate of drug-likeness (QED) is 0.410. The monoisotopic (exact) mass is 477 g/mol. The molecule has 0 saturated heterocycles. The van der Waals surface area contributed by atoms with Gasteiger partial charge in [-0.3, -0.25) is 14.3 Å². The van der Waals surface area contributed by atoms with Crippen molar-refractivity contribution < 1.29 is 4.79 Å². The number of fused-ring (bicyclic) bond motifs is 1. The number of carbonyl (C=O) groups is 1. The van der Waals surface area contributed by atoms with Crippen LogP contribution in [0, 0.1) is 11.3 Å². The standard InChI is InChI=1S/C28H27N7O/c1-18(2)33-25-14-26(35-12-9-22-13-19(15-29)16-32-27(22)35)31-17-24(25)28(36)34-23-5-3-20(4-6-23)21-7-10-30-11-8-21/h3,7-14,16-18,23H,4-6H2,1-2H3,(H,31,33)(H,34,36)/t23-/m1/s1. The van der Waals surface area contributed by atoms with Crippen LogP contribution in [0.1, 0.15) is 54.6 Å². The van der Waals surface area contributed by atoms with Crippen molar-refractivity contribution >= 4 is 28.2 Å². The predicted octanol–water partition coefficient (Wildman–Crippen LogP) is 4.87. The van der Waals surface area contributed by atoms with Crippen molar-refractivity contribution in [3.05, 3.63) is 84.1 Å². The molecule has 2 N–H and O–H groups in total. The van der Waals surface area contributed by atoms with Crippen molar-refractivity contribution in [2.24, 2.45) is 0 Å². The molecule has 4 aromatic heterocycles. The molecule has 8 nitrogen and oxygen atoms in total. The number of aromatic nitrogens is 4. The van der Waals surface area contributed by atoms with Gasteiger partial charge < -0.3 is 10.6 Å². The molecule has 0 aliphatic heterocycles. The predicted molar refractivity (Wildman–Crippen MR) is 140 cm³/mol. The van der Waals surface area contributed by atoms with E-state index in [0.717, 1.165) is 24.6 Å². The van der Waals surface area contributed by atoms with Gasteiger partial charge in [-0.25, -0.2) is 9.97 Å². The highest BCUT2D eigenvalue weighted by atomic mass is 16.1. The molecule has 0 fully saturated rings. The number of anilines is 1. The van der Waals surface area contributed by atoms with Crippen molar-refractivity contribution in [2.75, 3.05) is 5.32 Å². The molecule has 1 aliphatic rings. The molecule has 5 rings (SSSR count). The normalized spacial score (nSPS) is 15.4. The van der Waals surface area contributed by atoms with Crippen LogP contribution in [-0.4, -0.2) is 37.5 Å². The van der Waals surface area contributed by atoms with Crippen LogP contribution in [0.4, 0.5) is 5.69 Å². The fourth-order valence-electron chi connectivity index (χ4n) is 4.51. The van der Waals surface area contributed by atoms with Gasteiger partial charge in [-0.1, -0.05) is 6.08 Å². The van der Waals surface area contributed by atoms with Gasteiger partial charge in [0, 0.05) is 54.5 Å². The molecule has 1 atom stereocenters. The second-order valence-corrected chi connectivity index (χ2v) is 9.23. The van der Waals surface area contributed by atoms with E-state index in [4.69, 9.17) is 5.26 Å². The summed E-state index contributed by atoms with van der Waals surface area (Å²) in [7, 11) is 0. The van der Waals surface area contributed by atoms with Crippen molar-refractivity contribution in [3.63, 3.8) is 0 Å². The number of pyridine rings is 3. The van der Waals surface area contributed by atoms with Gasteiger partial charge in [0.25, 0.3) is 5.91 Å². The Morgan fingerprint density at radius 1 is 1.17 bits per heavy atom. The van der Waals surface area contributed by atoms with Crippen molar-refractivity contribution in [2.45, 2.75) is 45.2 Å². The second-order valence-electron chi connectivity index (χ2n) is 9.23. The zero-order valence-corrected chi connectivity index (χ0v) is 20.3. The third kappa shape index (κ3) is 4.82. The summed E-state index contributed by atoms with van der Waals surface area (Å²) < 4.78 is 1.86. The first-order chi connectivity index (χ1) is 17.5. The first-order valence-corrected chi connectivity index (χ1v) is 12.1. The molecular formula is C28H27N7O. The largest absolute Gasteiger partial charge is 0.382 e. The molecule has 0 aromatic carbocycles. The van der Waals surface area contributed by atoms with E-state index >= 15 is 0 Å². The molecule has 0 spiro atoms. The number of amides is 1. The molecule has 1 amide bonds. The maximum Gasteiger partial charge on any atom is 0.255 e. The third-order valence-corrected chi connectivity index (χ3v) is 6.28. The minimum absolute atomic E-state index is 0.0709. The molecular weight excluding hydrogens is 450 g/mol. The summed E-state index contributed by atoms with van der Waals surface area (Å²) in [5.74, 6) is 0.501. The molecule has 1 aliphatic carbocycles. The molecule has 0 saturated carbocycles. The van der Waals surface area contributed by atoms with Gasteiger partial charge in [0.05, 0.1) is 16.8 Å². The number of nitrogens with zero attached hydrogens (tertiary/aromatic N) is 5. The highest BCUT2D eigenvalue weighted by Crippen LogP contribution is 2.28. The molecule has 0 unspecified atom stereocenters. The van der Waals surface area contributed by atoms with Gasteiger partial charge in [-0.15, -0.1) is 0 Å². The SMILES string of the molecule is CC(C)Nc1cc(-n2ccc3cc(C#N)cnc32)ncc1C(=O)N[C@@H]1CC=C(c2ccncc2)CC1. The lowest BCUT2D eigenvalue weighted by atomic mass is 9.91. The number of allylic oxidation sites excluding steroid dienone is 1. The molecule has 4 heterocycles. The van der Waals surface area contributed by atoms with Crippen LogP contribution in [0.15, 0.2) is 67.4 Å². The van der Waals surface area contributed by atoms with Crippen LogP contribution in [0.2, 0.25) is 0 Å². The Kier molecular flexibility index (Phi) is 6.46. The number of hydrogen-bond acceptors (Lipinski definition) is 6. The summed E-state index contributed by atoms with van der Waals surface area (Å²) in [6, 6.07) is 11.9. The van der Waals surface area contributed by atoms with E-state index in [1.54, 1.807) is 30.9 Å². The van der Waals surface area contributed by atoms with E-state index in [0.29, 0.717) is 28.3 Å². The lowest BCUT2D eigenvalue weighted by Crippen LogP contribution is -2.36. The smallest absolute Gasteiger partial charge is 0.255 e. The van der Waals surface area contributed by atoms with Crippen LogP contribution in [0.5, 0.6) is 0 Å². The lowest BCUT2D eigenvalue weighted by Gasteiger charge is -2.24. The van der Waals surface area contributed by atoms with Crippen LogP contribution in [-0.2, 0) is 0 Å². The lowest BCUT2D eigenvalue weighted by molar-refractivity contribution is 0.0935. The molecule has 8 heteroatoms. The topological polar surface area (TPSA) is 109 Å². The summed E-state index contributed by atoms with van der Waals surface area (Å²) in [6.45, 7) is 4.06. The highest BCUT2D eigenvalue weighted by molar-refractivity contribution is 6.00. The Morgan fingerprint density at radius 2 is 2.00 bits per heavy atom. The maximum absolute atomic E-state index is 13.3. The van der Waals surface area contributed by atoms with E-state index in [1.165, 1.54) is 11.1 Å². The van der Waals surface area contributed by atoms with E-state index in [2.05, 4.69) is 37.7 Å². The van der Waals surface area contributed by atoms with Crippen LogP contribution in [0.3, 0.4) is 0 Å². The van der Waals surface area contributed by atoms with Crippen LogP contribution in [0.25, 0.3) is 22.4 Å². The van der Waals surface area contributed by atoms with Crippen LogP contribution >= 0.6 is 0 Å². The number of hydrogen-bond donors (Lipinski definition) is 2. The molecule has 36 heavy (non-hydrogen) atoms. The first kappa shape index (κ1) is 23.2. The van der Waals surface area contributed by atoms with Gasteiger partial charge >= 0.3 is 0 Å². The Bertz CT molecular complexity index is 1480.